The first-order valence-electron chi connectivity index (χ1n) is 7.93. The third-order valence-corrected chi connectivity index (χ3v) is 6.38. The molecule has 0 saturated carbocycles. The fourth-order valence-corrected chi connectivity index (χ4v) is 4.96. The van der Waals surface area contributed by atoms with Gasteiger partial charge in [-0.15, -0.1) is 0 Å². The zero-order chi connectivity index (χ0) is 16.7. The molecule has 8 heteroatoms. The van der Waals surface area contributed by atoms with Gasteiger partial charge < -0.3 is 4.42 Å². The van der Waals surface area contributed by atoms with Crippen molar-refractivity contribution in [1.82, 2.24) is 19.1 Å². The van der Waals surface area contributed by atoms with E-state index in [0.29, 0.717) is 24.4 Å². The van der Waals surface area contributed by atoms with Crippen molar-refractivity contribution < 1.29 is 12.8 Å². The van der Waals surface area contributed by atoms with Gasteiger partial charge in [-0.1, -0.05) is 18.6 Å². The van der Waals surface area contributed by atoms with Crippen molar-refractivity contribution in [2.75, 3.05) is 6.54 Å². The molecule has 4 rings (SSSR count). The fraction of sp³-hybridized carbons (Fsp3) is 0.375. The number of fused-ring (bicyclic) bond motifs is 1. The lowest BCUT2D eigenvalue weighted by molar-refractivity contribution is 0.221. The molecule has 0 N–H and O–H groups in total. The number of rotatable bonds is 3. The summed E-state index contributed by atoms with van der Waals surface area (Å²) in [6.07, 6.45) is 3.96. The molecule has 0 aliphatic carbocycles. The second kappa shape index (κ2) is 5.71. The van der Waals surface area contributed by atoms with Crippen molar-refractivity contribution in [1.29, 1.82) is 0 Å². The predicted molar refractivity (Wildman–Crippen MR) is 87.7 cm³/mol. The topological polar surface area (TPSA) is 81.2 Å². The normalized spacial score (nSPS) is 19.8. The van der Waals surface area contributed by atoms with Crippen LogP contribution in [0.25, 0.3) is 11.1 Å². The zero-order valence-electron chi connectivity index (χ0n) is 13.3. The molecule has 0 amide bonds. The number of para-hydroxylation sites is 2. The molecule has 7 nitrogen and oxygen atoms in total. The van der Waals surface area contributed by atoms with Crippen LogP contribution in [0.1, 0.15) is 31.2 Å². The Morgan fingerprint density at radius 2 is 2.04 bits per heavy atom. The first-order valence-corrected chi connectivity index (χ1v) is 9.37. The van der Waals surface area contributed by atoms with Crippen molar-refractivity contribution in [2.45, 2.75) is 30.3 Å². The zero-order valence-corrected chi connectivity index (χ0v) is 14.1. The van der Waals surface area contributed by atoms with E-state index in [1.54, 1.807) is 7.05 Å². The van der Waals surface area contributed by atoms with Crippen molar-refractivity contribution >= 4 is 21.1 Å². The minimum absolute atomic E-state index is 0.186. The maximum atomic E-state index is 13.1. The molecule has 3 heterocycles. The van der Waals surface area contributed by atoms with Crippen LogP contribution >= 0.6 is 0 Å². The lowest BCUT2D eigenvalue weighted by Crippen LogP contribution is -2.39. The Kier molecular flexibility index (Phi) is 3.65. The highest BCUT2D eigenvalue weighted by Gasteiger charge is 2.38. The van der Waals surface area contributed by atoms with E-state index >= 15 is 0 Å². The molecule has 1 aromatic carbocycles. The molecule has 126 valence electrons. The molecule has 0 unspecified atom stereocenters. The molecule has 2 aromatic heterocycles. The average molecular weight is 346 g/mol. The van der Waals surface area contributed by atoms with Crippen LogP contribution in [-0.4, -0.2) is 34.0 Å². The highest BCUT2D eigenvalue weighted by molar-refractivity contribution is 7.89. The molecule has 1 atom stereocenters. The van der Waals surface area contributed by atoms with Gasteiger partial charge in [-0.3, -0.25) is 4.68 Å². The van der Waals surface area contributed by atoms with Gasteiger partial charge in [0.05, 0.1) is 6.20 Å². The summed E-state index contributed by atoms with van der Waals surface area (Å²) in [6.45, 7) is 0.455. The van der Waals surface area contributed by atoms with Crippen LogP contribution in [-0.2, 0) is 17.1 Å². The monoisotopic (exact) mass is 346 g/mol. The molecule has 0 bridgehead atoms. The molecule has 24 heavy (non-hydrogen) atoms. The van der Waals surface area contributed by atoms with Crippen LogP contribution in [0.2, 0.25) is 0 Å². The Hall–Kier alpha value is -2.19. The summed E-state index contributed by atoms with van der Waals surface area (Å²) in [6, 6.07) is 8.61. The summed E-state index contributed by atoms with van der Waals surface area (Å²) in [5.74, 6) is 0.460. The quantitative estimate of drug-likeness (QED) is 0.728. The second-order valence-corrected chi connectivity index (χ2v) is 7.78. The van der Waals surface area contributed by atoms with Gasteiger partial charge in [-0.2, -0.15) is 9.40 Å². The maximum absolute atomic E-state index is 13.1. The van der Waals surface area contributed by atoms with Crippen LogP contribution in [0, 0.1) is 0 Å². The first-order chi connectivity index (χ1) is 11.6. The Balaban J connectivity index is 1.77. The van der Waals surface area contributed by atoms with E-state index in [2.05, 4.69) is 10.1 Å². The van der Waals surface area contributed by atoms with E-state index in [-0.39, 0.29) is 11.1 Å². The molecule has 0 spiro atoms. The number of hydrogen-bond donors (Lipinski definition) is 0. The summed E-state index contributed by atoms with van der Waals surface area (Å²) in [5.41, 5.74) is 1.42. The van der Waals surface area contributed by atoms with Crippen LogP contribution in [0.15, 0.2) is 46.0 Å². The number of sulfonamides is 1. The van der Waals surface area contributed by atoms with Crippen molar-refractivity contribution in [2.24, 2.45) is 7.05 Å². The smallest absolute Gasteiger partial charge is 0.260 e. The minimum atomic E-state index is -3.65. The lowest BCUT2D eigenvalue weighted by Gasteiger charge is -2.32. The maximum Gasteiger partial charge on any atom is 0.260 e. The van der Waals surface area contributed by atoms with Gasteiger partial charge in [0.2, 0.25) is 5.89 Å². The molecule has 1 fully saturated rings. The van der Waals surface area contributed by atoms with Gasteiger partial charge in [-0.05, 0) is 31.0 Å². The van der Waals surface area contributed by atoms with E-state index < -0.39 is 10.0 Å². The largest absolute Gasteiger partial charge is 0.439 e. The summed E-state index contributed by atoms with van der Waals surface area (Å²) in [7, 11) is -2.02. The average Bonchev–Trinajstić information content (AvgIpc) is 3.21. The standard InChI is InChI=1S/C16H18N4O3S/c1-19-15(9-10-17-19)24(21,22)20-11-5-4-7-13(20)16-18-12-6-2-3-8-14(12)23-16/h2-3,6,8-10,13H,4-5,7,11H2,1H3/t13-/m1/s1. The van der Waals surface area contributed by atoms with E-state index in [9.17, 15) is 8.42 Å². The highest BCUT2D eigenvalue weighted by Crippen LogP contribution is 2.36. The number of hydrogen-bond acceptors (Lipinski definition) is 5. The van der Waals surface area contributed by atoms with E-state index in [1.165, 1.54) is 21.3 Å². The van der Waals surface area contributed by atoms with Crippen molar-refractivity contribution in [3.05, 3.63) is 42.4 Å². The van der Waals surface area contributed by atoms with Crippen molar-refractivity contribution in [3.8, 4) is 0 Å². The van der Waals surface area contributed by atoms with Gasteiger partial charge in [0.15, 0.2) is 10.6 Å². The third kappa shape index (κ3) is 2.42. The number of aryl methyl sites for hydroxylation is 1. The van der Waals surface area contributed by atoms with Gasteiger partial charge >= 0.3 is 0 Å². The Labute approximate surface area is 139 Å². The molecule has 3 aromatic rings. The molecule has 1 aliphatic heterocycles. The number of aromatic nitrogens is 3. The van der Waals surface area contributed by atoms with Gasteiger partial charge in [0.1, 0.15) is 11.6 Å². The van der Waals surface area contributed by atoms with Crippen LogP contribution < -0.4 is 0 Å². The molecule has 1 aliphatic rings. The van der Waals surface area contributed by atoms with Gasteiger partial charge in [-0.25, -0.2) is 13.4 Å². The predicted octanol–water partition coefficient (Wildman–Crippen LogP) is 2.48. The van der Waals surface area contributed by atoms with Crippen LogP contribution in [0.4, 0.5) is 0 Å². The molecular formula is C16H18N4O3S. The SMILES string of the molecule is Cn1nccc1S(=O)(=O)N1CCCC[C@@H]1c1nc2ccccc2o1. The lowest BCUT2D eigenvalue weighted by atomic mass is 10.1. The Morgan fingerprint density at radius 3 is 2.79 bits per heavy atom. The summed E-state index contributed by atoms with van der Waals surface area (Å²) < 4.78 is 34.8. The number of oxazole rings is 1. The number of piperidine rings is 1. The summed E-state index contributed by atoms with van der Waals surface area (Å²) in [5, 5.41) is 4.17. The summed E-state index contributed by atoms with van der Waals surface area (Å²) in [4.78, 5) is 4.51. The minimum Gasteiger partial charge on any atom is -0.439 e. The summed E-state index contributed by atoms with van der Waals surface area (Å²) >= 11 is 0. The number of benzene rings is 1. The molecule has 0 radical (unpaired) electrons. The van der Waals surface area contributed by atoms with E-state index in [4.69, 9.17) is 4.42 Å². The van der Waals surface area contributed by atoms with Crippen LogP contribution in [0.5, 0.6) is 0 Å². The number of nitrogens with zero attached hydrogens (tertiary/aromatic N) is 4. The highest BCUT2D eigenvalue weighted by atomic mass is 32.2. The van der Waals surface area contributed by atoms with Crippen molar-refractivity contribution in [3.63, 3.8) is 0 Å². The van der Waals surface area contributed by atoms with Gasteiger partial charge in [0.25, 0.3) is 10.0 Å². The second-order valence-electron chi connectivity index (χ2n) is 5.94. The third-order valence-electron chi connectivity index (χ3n) is 4.40. The molecular weight excluding hydrogens is 328 g/mol. The Morgan fingerprint density at radius 1 is 1.21 bits per heavy atom. The van der Waals surface area contributed by atoms with Crippen LogP contribution in [0.3, 0.4) is 0 Å². The first kappa shape index (κ1) is 15.3. The van der Waals surface area contributed by atoms with E-state index in [0.717, 1.165) is 18.4 Å². The van der Waals surface area contributed by atoms with Gasteiger partial charge in [0, 0.05) is 13.6 Å². The Bertz CT molecular complexity index is 943. The molecule has 1 saturated heterocycles. The fourth-order valence-electron chi connectivity index (χ4n) is 3.21. The van der Waals surface area contributed by atoms with E-state index in [1.807, 2.05) is 24.3 Å².